The van der Waals surface area contributed by atoms with Gasteiger partial charge >= 0.3 is 12.1 Å². The predicted molar refractivity (Wildman–Crippen MR) is 88.4 cm³/mol. The van der Waals surface area contributed by atoms with Gasteiger partial charge in [-0.2, -0.15) is 13.2 Å². The number of alkyl halides is 3. The standard InChI is InChI=1S/C12H22O2.C7H5F3/c1-3-14-12(13)9-11-7-5-4-6-10(2)8-11;8-7(9,10)6-4-2-1-3-5-6/h10-11H,3-9H2,1-2H3;1-5H. The van der Waals surface area contributed by atoms with Crippen molar-refractivity contribution in [3.8, 4) is 0 Å². The SMILES string of the molecule is CCOC(=O)CC1CCCCC(C)C1.FC(F)(F)c1ccccc1. The van der Waals surface area contributed by atoms with Gasteiger partial charge in [0.1, 0.15) is 0 Å². The van der Waals surface area contributed by atoms with Crippen molar-refractivity contribution in [1.82, 2.24) is 0 Å². The Balaban J connectivity index is 0.000000254. The molecule has 2 unspecified atom stereocenters. The molecule has 0 amide bonds. The van der Waals surface area contributed by atoms with Crippen molar-refractivity contribution in [2.45, 2.75) is 58.5 Å². The molecule has 0 heterocycles. The van der Waals surface area contributed by atoms with E-state index in [4.69, 9.17) is 4.74 Å². The molecule has 1 aromatic rings. The summed E-state index contributed by atoms with van der Waals surface area (Å²) >= 11 is 0. The smallest absolute Gasteiger partial charge is 0.416 e. The molecule has 0 aliphatic heterocycles. The van der Waals surface area contributed by atoms with E-state index < -0.39 is 11.7 Å². The van der Waals surface area contributed by atoms with Gasteiger partial charge in [0.15, 0.2) is 0 Å². The van der Waals surface area contributed by atoms with E-state index >= 15 is 0 Å². The lowest BCUT2D eigenvalue weighted by Crippen LogP contribution is -2.12. The van der Waals surface area contributed by atoms with Crippen LogP contribution in [0.25, 0.3) is 0 Å². The average molecular weight is 344 g/mol. The minimum absolute atomic E-state index is 0.00778. The highest BCUT2D eigenvalue weighted by molar-refractivity contribution is 5.69. The van der Waals surface area contributed by atoms with Crippen molar-refractivity contribution in [3.05, 3.63) is 35.9 Å². The van der Waals surface area contributed by atoms with Gasteiger partial charge in [-0.1, -0.05) is 56.5 Å². The molecule has 5 heteroatoms. The Kier molecular flexibility index (Phi) is 8.87. The van der Waals surface area contributed by atoms with Crippen LogP contribution < -0.4 is 0 Å². The number of hydrogen-bond donors (Lipinski definition) is 0. The summed E-state index contributed by atoms with van der Waals surface area (Å²) in [7, 11) is 0. The molecule has 1 saturated carbocycles. The van der Waals surface area contributed by atoms with Crippen LogP contribution in [0.4, 0.5) is 13.2 Å². The minimum Gasteiger partial charge on any atom is -0.466 e. The lowest BCUT2D eigenvalue weighted by Gasteiger charge is -2.15. The van der Waals surface area contributed by atoms with Crippen LogP contribution in [-0.4, -0.2) is 12.6 Å². The van der Waals surface area contributed by atoms with Crippen LogP contribution in [0, 0.1) is 11.8 Å². The second-order valence-corrected chi connectivity index (χ2v) is 6.36. The molecule has 136 valence electrons. The fourth-order valence-corrected chi connectivity index (χ4v) is 3.00. The molecule has 0 radical (unpaired) electrons. The molecule has 1 aromatic carbocycles. The van der Waals surface area contributed by atoms with Gasteiger partial charge in [0.25, 0.3) is 0 Å². The average Bonchev–Trinajstić information content (AvgIpc) is 2.72. The summed E-state index contributed by atoms with van der Waals surface area (Å²) in [6.07, 6.45) is 2.80. The highest BCUT2D eigenvalue weighted by Crippen LogP contribution is 2.29. The van der Waals surface area contributed by atoms with Gasteiger partial charge in [0, 0.05) is 6.42 Å². The van der Waals surface area contributed by atoms with Crippen LogP contribution >= 0.6 is 0 Å². The highest BCUT2D eigenvalue weighted by atomic mass is 19.4. The fraction of sp³-hybridized carbons (Fsp3) is 0.632. The number of ether oxygens (including phenoxy) is 1. The van der Waals surface area contributed by atoms with Gasteiger partial charge in [-0.15, -0.1) is 0 Å². The van der Waals surface area contributed by atoms with Gasteiger partial charge in [-0.05, 0) is 31.6 Å². The number of benzene rings is 1. The largest absolute Gasteiger partial charge is 0.466 e. The Hall–Kier alpha value is -1.52. The number of rotatable bonds is 3. The molecular weight excluding hydrogens is 317 g/mol. The van der Waals surface area contributed by atoms with E-state index in [2.05, 4.69) is 6.92 Å². The Morgan fingerprint density at radius 2 is 1.79 bits per heavy atom. The van der Waals surface area contributed by atoms with Crippen LogP contribution in [0.3, 0.4) is 0 Å². The molecule has 0 bridgehead atoms. The molecule has 1 aliphatic rings. The van der Waals surface area contributed by atoms with Crippen molar-refractivity contribution in [2.24, 2.45) is 11.8 Å². The molecular formula is C19H27F3O2. The van der Waals surface area contributed by atoms with E-state index in [9.17, 15) is 18.0 Å². The lowest BCUT2D eigenvalue weighted by molar-refractivity contribution is -0.144. The number of esters is 1. The molecule has 1 aliphatic carbocycles. The maximum absolute atomic E-state index is 11.8. The van der Waals surface area contributed by atoms with Crippen LogP contribution in [-0.2, 0) is 15.7 Å². The molecule has 0 N–H and O–H groups in total. The third kappa shape index (κ3) is 8.37. The van der Waals surface area contributed by atoms with Crippen molar-refractivity contribution in [3.63, 3.8) is 0 Å². The zero-order valence-electron chi connectivity index (χ0n) is 14.4. The second kappa shape index (κ2) is 10.4. The Labute approximate surface area is 142 Å². The first-order chi connectivity index (χ1) is 11.3. The van der Waals surface area contributed by atoms with E-state index in [1.807, 2.05) is 6.92 Å². The summed E-state index contributed by atoms with van der Waals surface area (Å²) in [6, 6.07) is 6.36. The molecule has 24 heavy (non-hydrogen) atoms. The van der Waals surface area contributed by atoms with Gasteiger partial charge in [-0.25, -0.2) is 0 Å². The summed E-state index contributed by atoms with van der Waals surface area (Å²) in [5.74, 6) is 1.36. The molecule has 2 rings (SSSR count). The first-order valence-corrected chi connectivity index (χ1v) is 8.60. The Bertz CT molecular complexity index is 471. The van der Waals surface area contributed by atoms with Crippen molar-refractivity contribution < 1.29 is 22.7 Å². The maximum Gasteiger partial charge on any atom is 0.416 e. The third-order valence-corrected chi connectivity index (χ3v) is 4.16. The topological polar surface area (TPSA) is 26.3 Å². The first kappa shape index (κ1) is 20.5. The van der Waals surface area contributed by atoms with Gasteiger partial charge < -0.3 is 4.74 Å². The van der Waals surface area contributed by atoms with Gasteiger partial charge in [0.2, 0.25) is 0 Å². The summed E-state index contributed by atoms with van der Waals surface area (Å²) < 4.78 is 40.3. The van der Waals surface area contributed by atoms with Crippen LogP contribution in [0.2, 0.25) is 0 Å². The third-order valence-electron chi connectivity index (χ3n) is 4.16. The van der Waals surface area contributed by atoms with Gasteiger partial charge in [0.05, 0.1) is 12.2 Å². The molecule has 0 spiro atoms. The number of carbonyl (C=O) groups is 1. The molecule has 2 nitrogen and oxygen atoms in total. The predicted octanol–water partition coefficient (Wildman–Crippen LogP) is 5.86. The molecule has 0 aromatic heterocycles. The van der Waals surface area contributed by atoms with E-state index in [1.165, 1.54) is 44.2 Å². The fourth-order valence-electron chi connectivity index (χ4n) is 3.00. The van der Waals surface area contributed by atoms with Crippen LogP contribution in [0.1, 0.15) is 57.9 Å². The van der Waals surface area contributed by atoms with Crippen LogP contribution in [0.15, 0.2) is 30.3 Å². The Morgan fingerprint density at radius 3 is 2.33 bits per heavy atom. The zero-order valence-corrected chi connectivity index (χ0v) is 14.4. The number of carbonyl (C=O) groups excluding carboxylic acids is 1. The number of halogens is 3. The normalized spacial score (nSPS) is 21.2. The maximum atomic E-state index is 11.8. The first-order valence-electron chi connectivity index (χ1n) is 8.60. The van der Waals surface area contributed by atoms with E-state index in [1.54, 1.807) is 6.07 Å². The summed E-state index contributed by atoms with van der Waals surface area (Å²) in [5.41, 5.74) is -0.602. The molecule has 1 fully saturated rings. The molecule has 2 atom stereocenters. The quantitative estimate of drug-likeness (QED) is 0.507. The van der Waals surface area contributed by atoms with E-state index in [0.717, 1.165) is 18.1 Å². The lowest BCUT2D eigenvalue weighted by atomic mass is 9.92. The summed E-state index contributed by atoms with van der Waals surface area (Å²) in [4.78, 5) is 11.3. The minimum atomic E-state index is -4.21. The molecule has 0 saturated heterocycles. The van der Waals surface area contributed by atoms with Crippen molar-refractivity contribution in [2.75, 3.05) is 6.61 Å². The Morgan fingerprint density at radius 1 is 1.17 bits per heavy atom. The zero-order chi connectivity index (χ0) is 18.0. The van der Waals surface area contributed by atoms with Gasteiger partial charge in [-0.3, -0.25) is 4.79 Å². The second-order valence-electron chi connectivity index (χ2n) is 6.36. The summed E-state index contributed by atoms with van der Waals surface area (Å²) in [5, 5.41) is 0. The highest BCUT2D eigenvalue weighted by Gasteiger charge is 2.29. The number of hydrogen-bond acceptors (Lipinski definition) is 2. The monoisotopic (exact) mass is 344 g/mol. The summed E-state index contributed by atoms with van der Waals surface area (Å²) in [6.45, 7) is 4.68. The van der Waals surface area contributed by atoms with E-state index in [-0.39, 0.29) is 5.97 Å². The van der Waals surface area contributed by atoms with Crippen molar-refractivity contribution >= 4 is 5.97 Å². The van der Waals surface area contributed by atoms with E-state index in [0.29, 0.717) is 18.9 Å². The van der Waals surface area contributed by atoms with Crippen LogP contribution in [0.5, 0.6) is 0 Å². The van der Waals surface area contributed by atoms with Crippen molar-refractivity contribution in [1.29, 1.82) is 0 Å².